The van der Waals surface area contributed by atoms with Crippen LogP contribution in [0.4, 0.5) is 0 Å². The van der Waals surface area contributed by atoms with Gasteiger partial charge < -0.3 is 20.3 Å². The summed E-state index contributed by atoms with van der Waals surface area (Å²) in [5.74, 6) is -0.0881. The highest BCUT2D eigenvalue weighted by Crippen LogP contribution is 2.15. The molecule has 0 fully saturated rings. The molecule has 0 aromatic rings. The van der Waals surface area contributed by atoms with Crippen molar-refractivity contribution in [3.8, 4) is 0 Å². The molecule has 374 valence electrons. The summed E-state index contributed by atoms with van der Waals surface area (Å²) in [6.45, 7) is 4.82. The zero-order valence-electron chi connectivity index (χ0n) is 42.5. The van der Waals surface area contributed by atoms with Crippen LogP contribution in [0.2, 0.25) is 0 Å². The molecular weight excluding hydrogens is 791 g/mol. The van der Waals surface area contributed by atoms with Crippen LogP contribution in [0.25, 0.3) is 0 Å². The van der Waals surface area contributed by atoms with Crippen LogP contribution in [0.3, 0.4) is 0 Å². The zero-order valence-corrected chi connectivity index (χ0v) is 42.5. The van der Waals surface area contributed by atoms with E-state index in [1.54, 1.807) is 6.08 Å². The fraction of sp³-hybridized carbons (Fsp3) is 0.828. The average Bonchev–Trinajstić information content (AvgIpc) is 3.29. The molecule has 0 rings (SSSR count). The molecule has 0 aliphatic heterocycles. The van der Waals surface area contributed by atoms with E-state index in [1.165, 1.54) is 199 Å². The predicted octanol–water partition coefficient (Wildman–Crippen LogP) is 17.0. The molecule has 0 heterocycles. The van der Waals surface area contributed by atoms with E-state index in [0.717, 1.165) is 57.8 Å². The maximum atomic E-state index is 12.4. The van der Waals surface area contributed by atoms with Crippen molar-refractivity contribution in [3.63, 3.8) is 0 Å². The summed E-state index contributed by atoms with van der Waals surface area (Å²) in [4.78, 5) is 24.4. The second kappa shape index (κ2) is 53.4. The highest BCUT2D eigenvalue weighted by molar-refractivity contribution is 5.76. The van der Waals surface area contributed by atoms with Crippen molar-refractivity contribution in [1.82, 2.24) is 5.32 Å². The number of aliphatic hydroxyl groups excluding tert-OH is 2. The zero-order chi connectivity index (χ0) is 46.5. The lowest BCUT2D eigenvalue weighted by Gasteiger charge is -2.20. The Morgan fingerprint density at radius 2 is 0.812 bits per heavy atom. The van der Waals surface area contributed by atoms with Gasteiger partial charge in [0.1, 0.15) is 0 Å². The third-order valence-corrected chi connectivity index (χ3v) is 12.5. The number of nitrogens with one attached hydrogen (secondary N) is 1. The van der Waals surface area contributed by atoms with Crippen LogP contribution in [0.15, 0.2) is 48.6 Å². The van der Waals surface area contributed by atoms with Crippen molar-refractivity contribution in [2.45, 2.75) is 296 Å². The highest BCUT2D eigenvalue weighted by Gasteiger charge is 2.18. The monoisotopic (exact) mass is 898 g/mol. The summed E-state index contributed by atoms with van der Waals surface area (Å²) in [5, 5.41) is 23.1. The molecule has 6 heteroatoms. The Labute approximate surface area is 397 Å². The minimum absolute atomic E-state index is 0.0106. The number of allylic oxidation sites excluding steroid dienone is 7. The van der Waals surface area contributed by atoms with E-state index in [2.05, 4.69) is 55.6 Å². The van der Waals surface area contributed by atoms with Crippen LogP contribution in [0.5, 0.6) is 0 Å². The number of unbranched alkanes of at least 4 members (excludes halogenated alkanes) is 34. The van der Waals surface area contributed by atoms with Crippen LogP contribution in [0, 0.1) is 0 Å². The van der Waals surface area contributed by atoms with Gasteiger partial charge in [0, 0.05) is 12.8 Å². The number of carbonyl (C=O) groups excluding carboxylic acids is 2. The Hall–Kier alpha value is -2.18. The minimum atomic E-state index is -0.850. The van der Waals surface area contributed by atoms with Crippen molar-refractivity contribution in [1.29, 1.82) is 0 Å². The number of ether oxygens (including phenoxy) is 1. The van der Waals surface area contributed by atoms with Crippen molar-refractivity contribution in [2.75, 3.05) is 13.2 Å². The fourth-order valence-electron chi connectivity index (χ4n) is 8.25. The van der Waals surface area contributed by atoms with Crippen molar-refractivity contribution in [2.24, 2.45) is 0 Å². The number of hydrogen-bond donors (Lipinski definition) is 3. The first kappa shape index (κ1) is 61.8. The molecule has 2 atom stereocenters. The summed E-state index contributed by atoms with van der Waals surface area (Å²) in [5.41, 5.74) is 0. The molecule has 0 bridgehead atoms. The summed E-state index contributed by atoms with van der Waals surface area (Å²) in [6, 6.07) is -0.634. The Bertz CT molecular complexity index is 1080. The normalized spacial score (nSPS) is 13.0. The van der Waals surface area contributed by atoms with E-state index in [1.807, 2.05) is 6.08 Å². The van der Waals surface area contributed by atoms with E-state index in [4.69, 9.17) is 4.74 Å². The molecule has 0 radical (unpaired) electrons. The van der Waals surface area contributed by atoms with Crippen LogP contribution in [0.1, 0.15) is 284 Å². The molecule has 2 unspecified atom stereocenters. The number of aliphatic hydroxyl groups is 2. The maximum absolute atomic E-state index is 12.4. The van der Waals surface area contributed by atoms with Gasteiger partial charge in [-0.2, -0.15) is 0 Å². The van der Waals surface area contributed by atoms with Gasteiger partial charge in [-0.3, -0.25) is 9.59 Å². The first-order valence-electron chi connectivity index (χ1n) is 27.9. The largest absolute Gasteiger partial charge is 0.466 e. The molecule has 0 aromatic carbocycles. The molecule has 0 aliphatic rings. The lowest BCUT2D eigenvalue weighted by Crippen LogP contribution is -2.45. The van der Waals surface area contributed by atoms with Crippen LogP contribution in [-0.2, 0) is 14.3 Å². The molecule has 0 saturated heterocycles. The van der Waals surface area contributed by atoms with Gasteiger partial charge >= 0.3 is 5.97 Å². The summed E-state index contributed by atoms with van der Waals surface area (Å²) < 4.78 is 5.45. The van der Waals surface area contributed by atoms with Crippen LogP contribution >= 0.6 is 0 Å². The number of amides is 1. The van der Waals surface area contributed by atoms with Crippen molar-refractivity contribution >= 4 is 11.9 Å². The minimum Gasteiger partial charge on any atom is -0.466 e. The summed E-state index contributed by atoms with van der Waals surface area (Å²) in [7, 11) is 0. The van der Waals surface area contributed by atoms with Gasteiger partial charge in [-0.1, -0.05) is 236 Å². The molecular formula is C58H107NO5. The van der Waals surface area contributed by atoms with E-state index in [9.17, 15) is 19.8 Å². The van der Waals surface area contributed by atoms with E-state index < -0.39 is 12.1 Å². The molecule has 3 N–H and O–H groups in total. The summed E-state index contributed by atoms with van der Waals surface area (Å²) >= 11 is 0. The smallest absolute Gasteiger partial charge is 0.305 e. The lowest BCUT2D eigenvalue weighted by molar-refractivity contribution is -0.143. The fourth-order valence-corrected chi connectivity index (χ4v) is 8.25. The third kappa shape index (κ3) is 49.3. The number of rotatable bonds is 51. The van der Waals surface area contributed by atoms with Crippen molar-refractivity contribution in [3.05, 3.63) is 48.6 Å². The highest BCUT2D eigenvalue weighted by atomic mass is 16.5. The number of carbonyl (C=O) groups is 2. The first-order valence-corrected chi connectivity index (χ1v) is 27.9. The van der Waals surface area contributed by atoms with E-state index in [0.29, 0.717) is 19.4 Å². The second-order valence-electron chi connectivity index (χ2n) is 18.9. The Morgan fingerprint density at radius 3 is 1.27 bits per heavy atom. The van der Waals surface area contributed by atoms with Gasteiger partial charge in [0.15, 0.2) is 0 Å². The molecule has 0 saturated carbocycles. The SMILES string of the molecule is CCC/C=C\C/C=C\CCCCCCCC(=O)OCCCCCCCCCCC/C=C\CCCCCCCCCC(=O)NC(CO)C(O)/C=C/CCCCCCCCCCCCCC. The standard InChI is InChI=1S/C58H107NO5/c1-3-5-7-9-11-13-15-17-27-30-34-38-42-46-50-56(61)55(54-60)59-57(62)51-47-43-39-35-31-28-24-22-20-18-19-21-23-25-29-33-37-41-45-49-53-64-58(63)52-48-44-40-36-32-26-16-14-12-10-8-6-4-2/h8,10,14,16,18,20,46,50,55-56,60-61H,3-7,9,11-13,15,17,19,21-45,47-49,51-54H2,1-2H3,(H,59,62)/b10-8-,16-14-,20-18-,50-46+. The molecule has 6 nitrogen and oxygen atoms in total. The number of hydrogen-bond acceptors (Lipinski definition) is 5. The Kier molecular flexibility index (Phi) is 51.6. The average molecular weight is 898 g/mol. The molecule has 0 aromatic heterocycles. The number of esters is 1. The topological polar surface area (TPSA) is 95.9 Å². The van der Waals surface area contributed by atoms with Gasteiger partial charge in [-0.05, 0) is 83.5 Å². The maximum Gasteiger partial charge on any atom is 0.305 e. The van der Waals surface area contributed by atoms with Crippen LogP contribution < -0.4 is 5.32 Å². The van der Waals surface area contributed by atoms with Crippen LogP contribution in [-0.4, -0.2) is 47.4 Å². The van der Waals surface area contributed by atoms with Gasteiger partial charge in [0.05, 0.1) is 25.4 Å². The van der Waals surface area contributed by atoms with E-state index >= 15 is 0 Å². The second-order valence-corrected chi connectivity index (χ2v) is 18.9. The third-order valence-electron chi connectivity index (χ3n) is 12.5. The molecule has 0 aliphatic carbocycles. The Morgan fingerprint density at radius 1 is 0.438 bits per heavy atom. The van der Waals surface area contributed by atoms with Crippen molar-refractivity contribution < 1.29 is 24.5 Å². The van der Waals surface area contributed by atoms with Gasteiger partial charge in [0.25, 0.3) is 0 Å². The summed E-state index contributed by atoms with van der Waals surface area (Å²) in [6.07, 6.45) is 66.9. The quantitative estimate of drug-likeness (QED) is 0.0321. The van der Waals surface area contributed by atoms with E-state index in [-0.39, 0.29) is 18.5 Å². The predicted molar refractivity (Wildman–Crippen MR) is 278 cm³/mol. The molecule has 64 heavy (non-hydrogen) atoms. The van der Waals surface area contributed by atoms with Gasteiger partial charge in [-0.25, -0.2) is 0 Å². The molecule has 1 amide bonds. The first-order chi connectivity index (χ1) is 31.5. The Balaban J connectivity index is 3.47. The van der Waals surface area contributed by atoms with Gasteiger partial charge in [-0.15, -0.1) is 0 Å². The lowest BCUT2D eigenvalue weighted by atomic mass is 10.0. The molecule has 0 spiro atoms. The van der Waals surface area contributed by atoms with Gasteiger partial charge in [0.2, 0.25) is 5.91 Å².